The van der Waals surface area contributed by atoms with Crippen molar-refractivity contribution >= 4 is 17.2 Å². The molecule has 1 unspecified atom stereocenters. The molecule has 1 saturated heterocycles. The Bertz CT molecular complexity index is 718. The van der Waals surface area contributed by atoms with E-state index >= 15 is 0 Å². The summed E-state index contributed by atoms with van der Waals surface area (Å²) in [6.07, 6.45) is 2.64. The zero-order valence-corrected chi connectivity index (χ0v) is 15.1. The van der Waals surface area contributed by atoms with Gasteiger partial charge in [0.1, 0.15) is 0 Å². The summed E-state index contributed by atoms with van der Waals surface area (Å²) in [4.78, 5) is 19.4. The number of rotatable bonds is 3. The number of likely N-dealkylation sites (tertiary alicyclic amines) is 1. The van der Waals surface area contributed by atoms with Crippen LogP contribution in [0.3, 0.4) is 0 Å². The molecular weight excluding hydrogens is 308 g/mol. The lowest BCUT2D eigenvalue weighted by Gasteiger charge is -2.32. The molecule has 6 heteroatoms. The minimum atomic E-state index is 0.210. The van der Waals surface area contributed by atoms with Crippen LogP contribution in [0.5, 0.6) is 0 Å². The maximum Gasteiger partial charge on any atom is 0.227 e. The summed E-state index contributed by atoms with van der Waals surface area (Å²) in [6, 6.07) is 0. The Morgan fingerprint density at radius 2 is 2.17 bits per heavy atom. The largest absolute Gasteiger partial charge is 0.342 e. The molecule has 23 heavy (non-hydrogen) atoms. The average molecular weight is 332 g/mol. The third-order valence-electron chi connectivity index (χ3n) is 4.75. The quantitative estimate of drug-likeness (QED) is 0.868. The van der Waals surface area contributed by atoms with Crippen molar-refractivity contribution in [3.05, 3.63) is 33.0 Å². The molecule has 2 aromatic rings. The number of carbonyl (C=O) groups excluding carboxylic acids is 1. The van der Waals surface area contributed by atoms with Crippen LogP contribution >= 0.6 is 11.3 Å². The highest BCUT2D eigenvalue weighted by Gasteiger charge is 2.27. The molecule has 1 aliphatic rings. The Hall–Kier alpha value is -1.69. The van der Waals surface area contributed by atoms with Crippen LogP contribution in [0.4, 0.5) is 0 Å². The van der Waals surface area contributed by atoms with E-state index in [0.717, 1.165) is 48.6 Å². The Morgan fingerprint density at radius 3 is 2.78 bits per heavy atom. The molecule has 0 N–H and O–H groups in total. The molecule has 0 saturated carbocycles. The molecule has 1 atom stereocenters. The normalized spacial score (nSPS) is 18.4. The van der Waals surface area contributed by atoms with E-state index in [1.807, 2.05) is 37.4 Å². The number of hydrogen-bond acceptors (Lipinski definition) is 4. The van der Waals surface area contributed by atoms with E-state index < -0.39 is 0 Å². The standard InChI is InChI=1S/C17H24N4OS/c1-11-10-23-17(18-11)14-6-5-7-21(9-14)16(22)8-15-12(2)19-20(4)13(15)3/h10,14H,5-9H2,1-4H3. The number of thiazole rings is 1. The Labute approximate surface area is 141 Å². The van der Waals surface area contributed by atoms with Crippen LogP contribution in [-0.4, -0.2) is 38.7 Å². The summed E-state index contributed by atoms with van der Waals surface area (Å²) in [5, 5.41) is 7.68. The van der Waals surface area contributed by atoms with Gasteiger partial charge in [-0.3, -0.25) is 9.48 Å². The van der Waals surface area contributed by atoms with Gasteiger partial charge in [0.2, 0.25) is 5.91 Å². The fraction of sp³-hybridized carbons (Fsp3) is 0.588. The second kappa shape index (κ2) is 6.43. The molecule has 1 amide bonds. The van der Waals surface area contributed by atoms with Gasteiger partial charge in [-0.25, -0.2) is 4.98 Å². The number of carbonyl (C=O) groups is 1. The second-order valence-electron chi connectivity index (χ2n) is 6.46. The predicted molar refractivity (Wildman–Crippen MR) is 91.8 cm³/mol. The Kier molecular flexibility index (Phi) is 4.53. The van der Waals surface area contributed by atoms with Gasteiger partial charge in [-0.1, -0.05) is 0 Å². The second-order valence-corrected chi connectivity index (χ2v) is 7.35. The first-order valence-electron chi connectivity index (χ1n) is 8.14. The molecular formula is C17H24N4OS. The van der Waals surface area contributed by atoms with Crippen molar-refractivity contribution in [3.8, 4) is 0 Å². The first-order valence-corrected chi connectivity index (χ1v) is 9.02. The maximum absolute atomic E-state index is 12.7. The summed E-state index contributed by atoms with van der Waals surface area (Å²) in [5.41, 5.74) is 4.20. The van der Waals surface area contributed by atoms with E-state index in [2.05, 4.69) is 15.5 Å². The van der Waals surface area contributed by atoms with Crippen molar-refractivity contribution in [2.24, 2.45) is 7.05 Å². The van der Waals surface area contributed by atoms with Crippen molar-refractivity contribution in [2.45, 2.75) is 46.0 Å². The van der Waals surface area contributed by atoms with Crippen LogP contribution in [-0.2, 0) is 18.3 Å². The highest BCUT2D eigenvalue weighted by molar-refractivity contribution is 7.09. The van der Waals surface area contributed by atoms with Gasteiger partial charge in [-0.15, -0.1) is 11.3 Å². The highest BCUT2D eigenvalue weighted by Crippen LogP contribution is 2.29. The molecule has 0 radical (unpaired) electrons. The van der Waals surface area contributed by atoms with Gasteiger partial charge in [0.05, 0.1) is 17.1 Å². The molecule has 0 spiro atoms. The maximum atomic E-state index is 12.7. The topological polar surface area (TPSA) is 51.0 Å². The van der Waals surface area contributed by atoms with E-state index in [1.54, 1.807) is 11.3 Å². The number of amides is 1. The number of aryl methyl sites for hydroxylation is 3. The van der Waals surface area contributed by atoms with Gasteiger partial charge < -0.3 is 4.90 Å². The van der Waals surface area contributed by atoms with E-state index in [-0.39, 0.29) is 5.91 Å². The van der Waals surface area contributed by atoms with Crippen LogP contribution in [0, 0.1) is 20.8 Å². The molecule has 0 bridgehead atoms. The van der Waals surface area contributed by atoms with Crippen molar-refractivity contribution in [2.75, 3.05) is 13.1 Å². The van der Waals surface area contributed by atoms with Gasteiger partial charge in [0, 0.05) is 48.4 Å². The van der Waals surface area contributed by atoms with Gasteiger partial charge in [0.25, 0.3) is 0 Å². The lowest BCUT2D eigenvalue weighted by molar-refractivity contribution is -0.131. The zero-order valence-electron chi connectivity index (χ0n) is 14.3. The van der Waals surface area contributed by atoms with Crippen molar-refractivity contribution in [1.82, 2.24) is 19.7 Å². The molecule has 1 fully saturated rings. The predicted octanol–water partition coefficient (Wildman–Crippen LogP) is 2.75. The summed E-state index contributed by atoms with van der Waals surface area (Å²) < 4.78 is 1.86. The summed E-state index contributed by atoms with van der Waals surface area (Å²) in [5.74, 6) is 0.602. The van der Waals surface area contributed by atoms with E-state index in [9.17, 15) is 4.79 Å². The van der Waals surface area contributed by atoms with E-state index in [4.69, 9.17) is 0 Å². The monoisotopic (exact) mass is 332 g/mol. The molecule has 3 heterocycles. The zero-order chi connectivity index (χ0) is 16.6. The summed E-state index contributed by atoms with van der Waals surface area (Å²) >= 11 is 1.72. The summed E-state index contributed by atoms with van der Waals surface area (Å²) in [7, 11) is 1.93. The number of piperidine rings is 1. The number of aromatic nitrogens is 3. The molecule has 5 nitrogen and oxygen atoms in total. The van der Waals surface area contributed by atoms with Gasteiger partial charge >= 0.3 is 0 Å². The Morgan fingerprint density at radius 1 is 1.39 bits per heavy atom. The Balaban J connectivity index is 1.70. The number of hydrogen-bond donors (Lipinski definition) is 0. The van der Waals surface area contributed by atoms with Crippen molar-refractivity contribution in [1.29, 1.82) is 0 Å². The first kappa shape index (κ1) is 16.2. The smallest absolute Gasteiger partial charge is 0.227 e. The van der Waals surface area contributed by atoms with Gasteiger partial charge in [-0.05, 0) is 33.6 Å². The fourth-order valence-corrected chi connectivity index (χ4v) is 4.23. The molecule has 2 aromatic heterocycles. The highest BCUT2D eigenvalue weighted by atomic mass is 32.1. The average Bonchev–Trinajstić information content (AvgIpc) is 3.06. The molecule has 124 valence electrons. The lowest BCUT2D eigenvalue weighted by Crippen LogP contribution is -2.40. The van der Waals surface area contributed by atoms with E-state index in [0.29, 0.717) is 12.3 Å². The minimum Gasteiger partial charge on any atom is -0.342 e. The number of nitrogens with zero attached hydrogens (tertiary/aromatic N) is 4. The SMILES string of the molecule is Cc1csc(C2CCCN(C(=O)Cc3c(C)nn(C)c3C)C2)n1. The fourth-order valence-electron chi connectivity index (χ4n) is 3.30. The van der Waals surface area contributed by atoms with Gasteiger partial charge in [-0.2, -0.15) is 5.10 Å². The molecule has 0 aliphatic carbocycles. The van der Waals surface area contributed by atoms with Crippen molar-refractivity contribution < 1.29 is 4.79 Å². The van der Waals surface area contributed by atoms with Crippen molar-refractivity contribution in [3.63, 3.8) is 0 Å². The lowest BCUT2D eigenvalue weighted by atomic mass is 9.98. The van der Waals surface area contributed by atoms with Gasteiger partial charge in [0.15, 0.2) is 0 Å². The van der Waals surface area contributed by atoms with Crippen LogP contribution in [0.1, 0.15) is 46.4 Å². The minimum absolute atomic E-state index is 0.210. The van der Waals surface area contributed by atoms with Crippen LogP contribution in [0.15, 0.2) is 5.38 Å². The van der Waals surface area contributed by atoms with E-state index in [1.165, 1.54) is 5.01 Å². The third-order valence-corrected chi connectivity index (χ3v) is 5.87. The molecule has 0 aromatic carbocycles. The summed E-state index contributed by atoms with van der Waals surface area (Å²) in [6.45, 7) is 7.69. The first-order chi connectivity index (χ1) is 11.0. The third kappa shape index (κ3) is 3.32. The van der Waals surface area contributed by atoms with Crippen LogP contribution in [0.2, 0.25) is 0 Å². The van der Waals surface area contributed by atoms with Crippen LogP contribution < -0.4 is 0 Å². The molecule has 3 rings (SSSR count). The van der Waals surface area contributed by atoms with Crippen LogP contribution in [0.25, 0.3) is 0 Å². The molecule has 1 aliphatic heterocycles.